The van der Waals surface area contributed by atoms with Crippen LogP contribution in [-0.2, 0) is 16.1 Å². The number of halogens is 2. The van der Waals surface area contributed by atoms with Crippen molar-refractivity contribution in [3.8, 4) is 0 Å². The second-order valence-electron chi connectivity index (χ2n) is 7.67. The van der Waals surface area contributed by atoms with Gasteiger partial charge in [0, 0.05) is 41.0 Å². The molecule has 2 aromatic rings. The lowest BCUT2D eigenvalue weighted by atomic mass is 10.2. The zero-order valence-corrected chi connectivity index (χ0v) is 18.6. The molecule has 3 rings (SSSR count). The summed E-state index contributed by atoms with van der Waals surface area (Å²) in [7, 11) is 1.80. The summed E-state index contributed by atoms with van der Waals surface area (Å²) < 4.78 is 20.5. The summed E-state index contributed by atoms with van der Waals surface area (Å²) in [6.07, 6.45) is 0.396. The fourth-order valence-corrected chi connectivity index (χ4v) is 4.01. The third-order valence-electron chi connectivity index (χ3n) is 4.80. The Morgan fingerprint density at radius 1 is 1.21 bits per heavy atom. The number of nitrogens with zero attached hydrogens (tertiary/aromatic N) is 2. The van der Waals surface area contributed by atoms with Crippen molar-refractivity contribution in [3.05, 3.63) is 58.3 Å². The second kappa shape index (κ2) is 9.69. The molecular formula is C22H27BrFN3O2. The normalized spacial score (nSPS) is 19.4. The molecule has 1 amide bonds. The fourth-order valence-electron chi connectivity index (χ4n) is 3.60. The van der Waals surface area contributed by atoms with E-state index in [-0.39, 0.29) is 30.5 Å². The molecule has 29 heavy (non-hydrogen) atoms. The lowest BCUT2D eigenvalue weighted by Crippen LogP contribution is -2.45. The molecule has 0 saturated carbocycles. The highest BCUT2D eigenvalue weighted by Crippen LogP contribution is 2.22. The van der Waals surface area contributed by atoms with Gasteiger partial charge in [0.15, 0.2) is 0 Å². The van der Waals surface area contributed by atoms with E-state index in [4.69, 9.17) is 4.74 Å². The topological polar surface area (TPSA) is 44.8 Å². The van der Waals surface area contributed by atoms with Crippen LogP contribution < -0.4 is 10.2 Å². The highest BCUT2D eigenvalue weighted by Gasteiger charge is 2.22. The monoisotopic (exact) mass is 463 g/mol. The van der Waals surface area contributed by atoms with Crippen LogP contribution in [0.4, 0.5) is 15.8 Å². The van der Waals surface area contributed by atoms with Crippen molar-refractivity contribution in [2.45, 2.75) is 32.6 Å². The summed E-state index contributed by atoms with van der Waals surface area (Å²) in [5.41, 5.74) is 2.41. The molecule has 1 fully saturated rings. The smallest absolute Gasteiger partial charge is 0.238 e. The Labute approximate surface area is 180 Å². The lowest BCUT2D eigenvalue weighted by molar-refractivity contribution is -0.117. The van der Waals surface area contributed by atoms with Crippen LogP contribution in [-0.4, -0.2) is 49.7 Å². The first-order chi connectivity index (χ1) is 13.8. The number of benzene rings is 2. The first kappa shape index (κ1) is 21.7. The van der Waals surface area contributed by atoms with E-state index in [1.807, 2.05) is 24.3 Å². The van der Waals surface area contributed by atoms with E-state index in [0.717, 1.165) is 28.9 Å². The van der Waals surface area contributed by atoms with Crippen molar-refractivity contribution >= 4 is 33.2 Å². The van der Waals surface area contributed by atoms with Crippen LogP contribution in [0.25, 0.3) is 0 Å². The second-order valence-corrected chi connectivity index (χ2v) is 8.58. The van der Waals surface area contributed by atoms with Crippen LogP contribution in [0, 0.1) is 5.82 Å². The zero-order chi connectivity index (χ0) is 21.0. The van der Waals surface area contributed by atoms with Crippen LogP contribution in [0.15, 0.2) is 46.9 Å². The van der Waals surface area contributed by atoms with E-state index in [1.54, 1.807) is 24.1 Å². The maximum Gasteiger partial charge on any atom is 0.238 e. The molecule has 0 radical (unpaired) electrons. The Balaban J connectivity index is 1.53. The highest BCUT2D eigenvalue weighted by atomic mass is 79.9. The molecule has 156 valence electrons. The van der Waals surface area contributed by atoms with E-state index in [1.165, 1.54) is 6.07 Å². The molecule has 1 saturated heterocycles. The largest absolute Gasteiger partial charge is 0.372 e. The standard InChI is InChI=1S/C22H27BrFN3O2/c1-15-11-27(12-16(2)29-15)20-7-5-19(6-8-20)25-22(28)14-26(3)13-17-10-18(23)4-9-21(17)24/h4-10,15-16H,11-14H2,1-3H3,(H,25,28). The van der Waals surface area contributed by atoms with Crippen LogP contribution in [0.5, 0.6) is 0 Å². The average Bonchev–Trinajstić information content (AvgIpc) is 2.64. The number of ether oxygens (including phenoxy) is 1. The van der Waals surface area contributed by atoms with Crippen LogP contribution in [0.3, 0.4) is 0 Å². The van der Waals surface area contributed by atoms with Crippen molar-refractivity contribution in [1.29, 1.82) is 0 Å². The van der Waals surface area contributed by atoms with Gasteiger partial charge in [-0.1, -0.05) is 15.9 Å². The van der Waals surface area contributed by atoms with Crippen LogP contribution >= 0.6 is 15.9 Å². The Morgan fingerprint density at radius 3 is 2.52 bits per heavy atom. The summed E-state index contributed by atoms with van der Waals surface area (Å²) in [5, 5.41) is 2.91. The van der Waals surface area contributed by atoms with Gasteiger partial charge in [-0.3, -0.25) is 9.69 Å². The number of likely N-dealkylation sites (N-methyl/N-ethyl adjacent to an activating group) is 1. The lowest BCUT2D eigenvalue weighted by Gasteiger charge is -2.36. The number of morpholine rings is 1. The fraction of sp³-hybridized carbons (Fsp3) is 0.409. The highest BCUT2D eigenvalue weighted by molar-refractivity contribution is 9.10. The minimum atomic E-state index is -0.275. The summed E-state index contributed by atoms with van der Waals surface area (Å²) in [6, 6.07) is 12.7. The molecule has 2 unspecified atom stereocenters. The molecule has 1 heterocycles. The van der Waals surface area contributed by atoms with Gasteiger partial charge in [0.05, 0.1) is 18.8 Å². The Kier molecular flexibility index (Phi) is 7.27. The van der Waals surface area contributed by atoms with Crippen LogP contribution in [0.1, 0.15) is 19.4 Å². The van der Waals surface area contributed by atoms with Gasteiger partial charge in [-0.05, 0) is 63.4 Å². The average molecular weight is 464 g/mol. The number of amides is 1. The number of carbonyl (C=O) groups is 1. The third kappa shape index (κ3) is 6.26. The van der Waals surface area contributed by atoms with E-state index in [9.17, 15) is 9.18 Å². The van der Waals surface area contributed by atoms with Crippen molar-refractivity contribution < 1.29 is 13.9 Å². The zero-order valence-electron chi connectivity index (χ0n) is 17.0. The molecule has 1 aliphatic rings. The number of carbonyl (C=O) groups excluding carboxylic acids is 1. The van der Waals surface area contributed by atoms with E-state index in [2.05, 4.69) is 40.0 Å². The molecule has 2 atom stereocenters. The molecule has 1 aliphatic heterocycles. The van der Waals surface area contributed by atoms with Gasteiger partial charge in [0.25, 0.3) is 0 Å². The summed E-state index contributed by atoms with van der Waals surface area (Å²) in [4.78, 5) is 16.4. The quantitative estimate of drug-likeness (QED) is 0.694. The van der Waals surface area contributed by atoms with Gasteiger partial charge in [-0.2, -0.15) is 0 Å². The van der Waals surface area contributed by atoms with Crippen molar-refractivity contribution in [3.63, 3.8) is 0 Å². The predicted molar refractivity (Wildman–Crippen MR) is 118 cm³/mol. The Morgan fingerprint density at radius 2 is 1.86 bits per heavy atom. The molecule has 7 heteroatoms. The summed E-state index contributed by atoms with van der Waals surface area (Å²) in [6.45, 7) is 6.39. The maximum atomic E-state index is 13.9. The molecule has 0 spiro atoms. The molecule has 0 aromatic heterocycles. The van der Waals surface area contributed by atoms with Gasteiger partial charge < -0.3 is 15.0 Å². The predicted octanol–water partition coefficient (Wildman–Crippen LogP) is 4.27. The molecule has 0 bridgehead atoms. The molecule has 2 aromatic carbocycles. The van der Waals surface area contributed by atoms with Crippen molar-refractivity contribution in [1.82, 2.24) is 4.90 Å². The minimum absolute atomic E-state index is 0.135. The molecule has 0 aliphatic carbocycles. The Bertz CT molecular complexity index is 836. The van der Waals surface area contributed by atoms with Crippen molar-refractivity contribution in [2.75, 3.05) is 36.9 Å². The molecule has 1 N–H and O–H groups in total. The SMILES string of the molecule is CC1CN(c2ccc(NC(=O)CN(C)Cc3cc(Br)ccc3F)cc2)CC(C)O1. The van der Waals surface area contributed by atoms with E-state index in [0.29, 0.717) is 12.1 Å². The number of hydrogen-bond acceptors (Lipinski definition) is 4. The summed E-state index contributed by atoms with van der Waals surface area (Å²) in [5.74, 6) is -0.410. The van der Waals surface area contributed by atoms with E-state index >= 15 is 0 Å². The van der Waals surface area contributed by atoms with Crippen molar-refractivity contribution in [2.24, 2.45) is 0 Å². The number of hydrogen-bond donors (Lipinski definition) is 1. The minimum Gasteiger partial charge on any atom is -0.372 e. The van der Waals surface area contributed by atoms with E-state index < -0.39 is 0 Å². The third-order valence-corrected chi connectivity index (χ3v) is 5.29. The number of nitrogens with one attached hydrogen (secondary N) is 1. The molecular weight excluding hydrogens is 437 g/mol. The first-order valence-electron chi connectivity index (χ1n) is 9.73. The van der Waals surface area contributed by atoms with Gasteiger partial charge in [-0.15, -0.1) is 0 Å². The van der Waals surface area contributed by atoms with Gasteiger partial charge in [0.2, 0.25) is 5.91 Å². The van der Waals surface area contributed by atoms with Crippen LogP contribution in [0.2, 0.25) is 0 Å². The number of rotatable bonds is 6. The molecule has 5 nitrogen and oxygen atoms in total. The van der Waals surface area contributed by atoms with Gasteiger partial charge >= 0.3 is 0 Å². The number of anilines is 2. The van der Waals surface area contributed by atoms with Gasteiger partial charge in [0.1, 0.15) is 5.82 Å². The Hall–Kier alpha value is -1.96. The summed E-state index contributed by atoms with van der Waals surface area (Å²) >= 11 is 3.35. The van der Waals surface area contributed by atoms with Gasteiger partial charge in [-0.25, -0.2) is 4.39 Å². The first-order valence-corrected chi connectivity index (χ1v) is 10.5. The maximum absolute atomic E-state index is 13.9.